The molecule has 0 radical (unpaired) electrons. The van der Waals surface area contributed by atoms with Gasteiger partial charge in [-0.15, -0.1) is 0 Å². The van der Waals surface area contributed by atoms with Crippen molar-refractivity contribution in [2.75, 3.05) is 24.2 Å². The second-order valence-electron chi connectivity index (χ2n) is 6.27. The van der Waals surface area contributed by atoms with E-state index in [0.29, 0.717) is 16.3 Å². The number of anilines is 1. The van der Waals surface area contributed by atoms with Crippen molar-refractivity contribution in [3.63, 3.8) is 0 Å². The molecule has 0 atom stereocenters. The molecule has 4 rings (SSSR count). The van der Waals surface area contributed by atoms with Crippen LogP contribution in [0, 0.1) is 12.8 Å². The van der Waals surface area contributed by atoms with E-state index < -0.39 is 9.84 Å². The minimum absolute atomic E-state index is 0.314. The van der Waals surface area contributed by atoms with Crippen LogP contribution in [0.5, 0.6) is 0 Å². The third kappa shape index (κ3) is 2.69. The van der Waals surface area contributed by atoms with Crippen LogP contribution in [0.2, 0.25) is 0 Å². The fourth-order valence-electron chi connectivity index (χ4n) is 3.06. The summed E-state index contributed by atoms with van der Waals surface area (Å²) in [6.07, 6.45) is 5.06. The first kappa shape index (κ1) is 15.6. The number of para-hydroxylation sites is 1. The zero-order valence-electron chi connectivity index (χ0n) is 13.5. The van der Waals surface area contributed by atoms with Gasteiger partial charge in [0.25, 0.3) is 0 Å². The van der Waals surface area contributed by atoms with E-state index in [1.54, 1.807) is 23.5 Å². The van der Waals surface area contributed by atoms with Crippen LogP contribution in [0.15, 0.2) is 35.5 Å². The van der Waals surface area contributed by atoms with Crippen LogP contribution >= 0.6 is 11.3 Å². The molecule has 1 aliphatic rings. The SMILES string of the molecule is Cc1nccn1CC1CN(c2nc3c(S(C)(=O)=O)cccc3s2)C1. The van der Waals surface area contributed by atoms with Gasteiger partial charge in [-0.1, -0.05) is 17.4 Å². The molecule has 1 saturated heterocycles. The molecular formula is C16H18N4O2S2. The number of hydrogen-bond donors (Lipinski definition) is 0. The molecule has 1 aromatic carbocycles. The van der Waals surface area contributed by atoms with Gasteiger partial charge in [0, 0.05) is 44.2 Å². The average molecular weight is 362 g/mol. The quantitative estimate of drug-likeness (QED) is 0.713. The fraction of sp³-hybridized carbons (Fsp3) is 0.375. The van der Waals surface area contributed by atoms with Gasteiger partial charge in [-0.2, -0.15) is 0 Å². The van der Waals surface area contributed by atoms with E-state index in [-0.39, 0.29) is 0 Å². The summed E-state index contributed by atoms with van der Waals surface area (Å²) in [6, 6.07) is 5.33. The predicted molar refractivity (Wildman–Crippen MR) is 95.4 cm³/mol. The largest absolute Gasteiger partial charge is 0.347 e. The maximum absolute atomic E-state index is 11.9. The molecule has 2 aromatic heterocycles. The Hall–Kier alpha value is -1.93. The summed E-state index contributed by atoms with van der Waals surface area (Å²) >= 11 is 1.56. The van der Waals surface area contributed by atoms with Crippen LogP contribution in [0.25, 0.3) is 10.2 Å². The lowest BCUT2D eigenvalue weighted by molar-refractivity contribution is 0.354. The average Bonchev–Trinajstić information content (AvgIpc) is 3.06. The fourth-order valence-corrected chi connectivity index (χ4v) is 4.97. The summed E-state index contributed by atoms with van der Waals surface area (Å²) < 4.78 is 26.9. The van der Waals surface area contributed by atoms with Crippen LogP contribution in [0.4, 0.5) is 5.13 Å². The molecule has 126 valence electrons. The number of benzene rings is 1. The van der Waals surface area contributed by atoms with Crippen molar-refractivity contribution in [1.82, 2.24) is 14.5 Å². The van der Waals surface area contributed by atoms with E-state index in [0.717, 1.165) is 35.3 Å². The Kier molecular flexibility index (Phi) is 3.61. The highest BCUT2D eigenvalue weighted by Crippen LogP contribution is 2.35. The summed E-state index contributed by atoms with van der Waals surface area (Å²) in [5.41, 5.74) is 0.592. The van der Waals surface area contributed by atoms with Crippen LogP contribution in [-0.4, -0.2) is 42.3 Å². The molecule has 3 aromatic rings. The van der Waals surface area contributed by atoms with Crippen molar-refractivity contribution in [2.24, 2.45) is 5.92 Å². The predicted octanol–water partition coefficient (Wildman–Crippen LogP) is 2.34. The molecule has 1 aliphatic heterocycles. The molecule has 0 bridgehead atoms. The van der Waals surface area contributed by atoms with Crippen molar-refractivity contribution in [3.8, 4) is 0 Å². The summed E-state index contributed by atoms with van der Waals surface area (Å²) in [6.45, 7) is 4.84. The molecule has 1 fully saturated rings. The maximum Gasteiger partial charge on any atom is 0.186 e. The molecule has 24 heavy (non-hydrogen) atoms. The lowest BCUT2D eigenvalue weighted by Gasteiger charge is -2.39. The highest BCUT2D eigenvalue weighted by Gasteiger charge is 2.30. The first-order chi connectivity index (χ1) is 11.4. The third-order valence-electron chi connectivity index (χ3n) is 4.38. The number of rotatable bonds is 4. The number of imidazole rings is 1. The molecule has 0 unspecified atom stereocenters. The monoisotopic (exact) mass is 362 g/mol. The molecule has 6 nitrogen and oxygen atoms in total. The van der Waals surface area contributed by atoms with Crippen LogP contribution in [0.3, 0.4) is 0 Å². The zero-order valence-corrected chi connectivity index (χ0v) is 15.1. The summed E-state index contributed by atoms with van der Waals surface area (Å²) in [5.74, 6) is 1.60. The first-order valence-corrected chi connectivity index (χ1v) is 10.4. The lowest BCUT2D eigenvalue weighted by atomic mass is 10.0. The number of aromatic nitrogens is 3. The number of nitrogens with zero attached hydrogens (tertiary/aromatic N) is 4. The summed E-state index contributed by atoms with van der Waals surface area (Å²) in [7, 11) is -3.26. The van der Waals surface area contributed by atoms with Crippen molar-refractivity contribution in [1.29, 1.82) is 0 Å². The summed E-state index contributed by atoms with van der Waals surface area (Å²) in [5, 5.41) is 0.903. The number of thiazole rings is 1. The van der Waals surface area contributed by atoms with Crippen LogP contribution < -0.4 is 4.90 Å². The Bertz CT molecular complexity index is 1000. The van der Waals surface area contributed by atoms with Gasteiger partial charge < -0.3 is 9.47 Å². The smallest absolute Gasteiger partial charge is 0.186 e. The minimum atomic E-state index is -3.26. The molecule has 0 amide bonds. The summed E-state index contributed by atoms with van der Waals surface area (Å²) in [4.78, 5) is 11.4. The van der Waals surface area contributed by atoms with Crippen molar-refractivity contribution in [3.05, 3.63) is 36.4 Å². The number of sulfone groups is 1. The minimum Gasteiger partial charge on any atom is -0.347 e. The molecule has 3 heterocycles. The first-order valence-electron chi connectivity index (χ1n) is 7.74. The highest BCUT2D eigenvalue weighted by atomic mass is 32.2. The van der Waals surface area contributed by atoms with E-state index in [1.165, 1.54) is 6.26 Å². The van der Waals surface area contributed by atoms with Crippen molar-refractivity contribution in [2.45, 2.75) is 18.4 Å². The second kappa shape index (κ2) is 5.56. The van der Waals surface area contributed by atoms with Crippen LogP contribution in [0.1, 0.15) is 5.82 Å². The second-order valence-corrected chi connectivity index (χ2v) is 9.26. The molecular weight excluding hydrogens is 344 g/mol. The lowest BCUT2D eigenvalue weighted by Crippen LogP contribution is -2.48. The number of fused-ring (bicyclic) bond motifs is 1. The Balaban J connectivity index is 1.53. The van der Waals surface area contributed by atoms with E-state index in [4.69, 9.17) is 0 Å². The standard InChI is InChI=1S/C16H18N4O2S2/c1-11-17-6-7-19(11)8-12-9-20(10-12)16-18-15-13(23-16)4-3-5-14(15)24(2,21)22/h3-7,12H,8-10H2,1-2H3. The van der Waals surface area contributed by atoms with Crippen molar-refractivity contribution >= 4 is 36.5 Å². The number of hydrogen-bond acceptors (Lipinski definition) is 6. The van der Waals surface area contributed by atoms with Gasteiger partial charge in [-0.05, 0) is 19.1 Å². The molecule has 0 saturated carbocycles. The molecule has 0 aliphatic carbocycles. The Labute approximate surface area is 144 Å². The third-order valence-corrected chi connectivity index (χ3v) is 6.59. The highest BCUT2D eigenvalue weighted by molar-refractivity contribution is 7.91. The van der Waals surface area contributed by atoms with Gasteiger partial charge in [-0.25, -0.2) is 18.4 Å². The van der Waals surface area contributed by atoms with Gasteiger partial charge in [0.15, 0.2) is 15.0 Å². The van der Waals surface area contributed by atoms with Gasteiger partial charge >= 0.3 is 0 Å². The van der Waals surface area contributed by atoms with Crippen molar-refractivity contribution < 1.29 is 8.42 Å². The van der Waals surface area contributed by atoms with Gasteiger partial charge in [0.2, 0.25) is 0 Å². The molecule has 8 heteroatoms. The Morgan fingerprint density at radius 2 is 2.12 bits per heavy atom. The number of aryl methyl sites for hydroxylation is 1. The Morgan fingerprint density at radius 3 is 2.79 bits per heavy atom. The van der Waals surface area contributed by atoms with Gasteiger partial charge in [0.05, 0.1) is 9.60 Å². The maximum atomic E-state index is 11.9. The van der Waals surface area contributed by atoms with Gasteiger partial charge in [0.1, 0.15) is 11.3 Å². The zero-order chi connectivity index (χ0) is 16.9. The van der Waals surface area contributed by atoms with Gasteiger partial charge in [-0.3, -0.25) is 0 Å². The normalized spacial score (nSPS) is 15.8. The van der Waals surface area contributed by atoms with E-state index in [2.05, 4.69) is 19.4 Å². The molecule has 0 N–H and O–H groups in total. The van der Waals surface area contributed by atoms with E-state index in [1.807, 2.05) is 25.4 Å². The van der Waals surface area contributed by atoms with E-state index in [9.17, 15) is 8.42 Å². The van der Waals surface area contributed by atoms with E-state index >= 15 is 0 Å². The molecule has 0 spiro atoms. The van der Waals surface area contributed by atoms with Crippen LogP contribution in [-0.2, 0) is 16.4 Å². The topological polar surface area (TPSA) is 68.1 Å². The Morgan fingerprint density at radius 1 is 1.33 bits per heavy atom.